The van der Waals surface area contributed by atoms with E-state index in [1.165, 1.54) is 13.3 Å². The molecule has 42 heavy (non-hydrogen) atoms. The van der Waals surface area contributed by atoms with Crippen LogP contribution in [0.1, 0.15) is 37.9 Å². The minimum absolute atomic E-state index is 0.208. The molecule has 0 saturated carbocycles. The van der Waals surface area contributed by atoms with Gasteiger partial charge in [-0.1, -0.05) is 18.2 Å². The molecule has 3 rings (SSSR count). The first kappa shape index (κ1) is 32.6. The first-order valence-corrected chi connectivity index (χ1v) is 14.3. The second-order valence-corrected chi connectivity index (χ2v) is 10.2. The summed E-state index contributed by atoms with van der Waals surface area (Å²) in [6, 6.07) is 9.81. The van der Waals surface area contributed by atoms with E-state index in [0.717, 1.165) is 3.57 Å². The molecular formula is C28H31IN4O8S. The predicted molar refractivity (Wildman–Crippen MR) is 166 cm³/mol. The molecule has 0 spiro atoms. The third-order valence-corrected chi connectivity index (χ3v) is 6.50. The Morgan fingerprint density at radius 1 is 1.07 bits per heavy atom. The number of allylic oxidation sites excluding steroid dienone is 1. The van der Waals surface area contributed by atoms with Gasteiger partial charge in [0.2, 0.25) is 0 Å². The van der Waals surface area contributed by atoms with E-state index in [9.17, 15) is 14.4 Å². The maximum Gasteiger partial charge on any atom is 0.344 e. The molecule has 14 heteroatoms. The highest BCUT2D eigenvalue weighted by Gasteiger charge is 2.32. The lowest BCUT2D eigenvalue weighted by Crippen LogP contribution is -2.45. The lowest BCUT2D eigenvalue weighted by Gasteiger charge is -2.30. The van der Waals surface area contributed by atoms with Crippen molar-refractivity contribution in [3.8, 4) is 17.2 Å². The van der Waals surface area contributed by atoms with Crippen molar-refractivity contribution < 1.29 is 38.1 Å². The van der Waals surface area contributed by atoms with Crippen LogP contribution in [0.25, 0.3) is 0 Å². The van der Waals surface area contributed by atoms with Gasteiger partial charge in [-0.3, -0.25) is 4.79 Å². The molecule has 1 amide bonds. The number of amides is 1. The number of rotatable bonds is 13. The van der Waals surface area contributed by atoms with Crippen LogP contribution in [0.5, 0.6) is 17.2 Å². The Morgan fingerprint density at radius 2 is 1.81 bits per heavy atom. The van der Waals surface area contributed by atoms with Crippen molar-refractivity contribution >= 4 is 64.0 Å². The van der Waals surface area contributed by atoms with Gasteiger partial charge in [-0.15, -0.1) is 0 Å². The summed E-state index contributed by atoms with van der Waals surface area (Å²) in [4.78, 5) is 37.1. The van der Waals surface area contributed by atoms with E-state index in [4.69, 9.17) is 35.9 Å². The number of carbonyl (C=O) groups excluding carboxylic acids is 3. The van der Waals surface area contributed by atoms with E-state index in [0.29, 0.717) is 39.0 Å². The molecule has 0 aromatic heterocycles. The number of hydrazone groups is 1. The molecule has 12 nitrogen and oxygen atoms in total. The van der Waals surface area contributed by atoms with Gasteiger partial charge in [-0.2, -0.15) is 5.10 Å². The van der Waals surface area contributed by atoms with Crippen molar-refractivity contribution in [1.82, 2.24) is 16.1 Å². The monoisotopic (exact) mass is 710 g/mol. The number of esters is 2. The molecular weight excluding hydrogens is 679 g/mol. The van der Waals surface area contributed by atoms with Crippen molar-refractivity contribution in [1.29, 1.82) is 0 Å². The topological polar surface area (TPSA) is 146 Å². The van der Waals surface area contributed by atoms with Crippen LogP contribution in [0.2, 0.25) is 0 Å². The summed E-state index contributed by atoms with van der Waals surface area (Å²) in [6.45, 7) is 4.89. The fraction of sp³-hybridized carbons (Fsp3) is 0.321. The van der Waals surface area contributed by atoms with Crippen LogP contribution in [0, 0.1) is 3.57 Å². The summed E-state index contributed by atoms with van der Waals surface area (Å²) in [6.07, 6.45) is 1.37. The molecule has 2 aromatic carbocycles. The number of nitrogens with one attached hydrogen (secondary N) is 3. The second kappa shape index (κ2) is 15.9. The first-order chi connectivity index (χ1) is 20.2. The normalized spacial score (nSPS) is 14.5. The van der Waals surface area contributed by atoms with Gasteiger partial charge in [0.15, 0.2) is 29.8 Å². The quantitative estimate of drug-likeness (QED) is 0.0928. The second-order valence-electron chi connectivity index (χ2n) is 8.53. The summed E-state index contributed by atoms with van der Waals surface area (Å²) in [5, 5.41) is 10.4. The molecule has 0 aliphatic carbocycles. The SMILES string of the molecule is CCOC(=O)COc1c(C=NNC(=O)COc2ccccc2[C@@H]2NC(=S)NC(C)=C2C(=O)OCC)cc(I)cc1OC. The number of hydrogen-bond donors (Lipinski definition) is 3. The highest BCUT2D eigenvalue weighted by molar-refractivity contribution is 14.1. The van der Waals surface area contributed by atoms with E-state index < -0.39 is 23.9 Å². The largest absolute Gasteiger partial charge is 0.493 e. The minimum Gasteiger partial charge on any atom is -0.493 e. The number of nitrogens with zero attached hydrogens (tertiary/aromatic N) is 1. The number of carbonyl (C=O) groups is 3. The highest BCUT2D eigenvalue weighted by atomic mass is 127. The smallest absolute Gasteiger partial charge is 0.344 e. The molecule has 0 unspecified atom stereocenters. The summed E-state index contributed by atoms with van der Waals surface area (Å²) in [5.41, 5.74) is 4.38. The predicted octanol–water partition coefficient (Wildman–Crippen LogP) is 3.13. The Hall–Kier alpha value is -3.92. The summed E-state index contributed by atoms with van der Waals surface area (Å²) < 4.78 is 27.8. The Balaban J connectivity index is 1.72. The minimum atomic E-state index is -0.654. The van der Waals surface area contributed by atoms with Gasteiger partial charge in [-0.25, -0.2) is 15.0 Å². The molecule has 3 N–H and O–H groups in total. The van der Waals surface area contributed by atoms with Crippen molar-refractivity contribution in [2.24, 2.45) is 5.10 Å². The van der Waals surface area contributed by atoms with Gasteiger partial charge >= 0.3 is 11.9 Å². The molecule has 0 saturated heterocycles. The van der Waals surface area contributed by atoms with E-state index in [1.807, 2.05) is 0 Å². The summed E-state index contributed by atoms with van der Waals surface area (Å²) >= 11 is 7.41. The Bertz CT molecular complexity index is 1400. The average Bonchev–Trinajstić information content (AvgIpc) is 2.95. The Labute approximate surface area is 262 Å². The van der Waals surface area contributed by atoms with Gasteiger partial charge in [0.25, 0.3) is 5.91 Å². The zero-order valence-corrected chi connectivity index (χ0v) is 26.4. The van der Waals surface area contributed by atoms with Crippen LogP contribution in [0.4, 0.5) is 0 Å². The molecule has 0 bridgehead atoms. The van der Waals surface area contributed by atoms with Gasteiger partial charge in [0, 0.05) is 20.4 Å². The highest BCUT2D eigenvalue weighted by Crippen LogP contribution is 2.34. The van der Waals surface area contributed by atoms with Crippen LogP contribution in [0.15, 0.2) is 52.8 Å². The van der Waals surface area contributed by atoms with Gasteiger partial charge in [0.1, 0.15) is 5.75 Å². The zero-order valence-electron chi connectivity index (χ0n) is 23.4. The van der Waals surface area contributed by atoms with Crippen molar-refractivity contribution in [3.63, 3.8) is 0 Å². The number of benzene rings is 2. The van der Waals surface area contributed by atoms with Gasteiger partial charge in [0.05, 0.1) is 38.2 Å². The first-order valence-electron chi connectivity index (χ1n) is 12.8. The third-order valence-electron chi connectivity index (χ3n) is 5.65. The lowest BCUT2D eigenvalue weighted by atomic mass is 9.95. The van der Waals surface area contributed by atoms with Crippen molar-refractivity contribution in [3.05, 3.63) is 62.4 Å². The Morgan fingerprint density at radius 3 is 2.52 bits per heavy atom. The average molecular weight is 711 g/mol. The maximum atomic E-state index is 12.7. The van der Waals surface area contributed by atoms with Crippen molar-refractivity contribution in [2.75, 3.05) is 33.5 Å². The van der Waals surface area contributed by atoms with E-state index in [1.54, 1.807) is 57.2 Å². The van der Waals surface area contributed by atoms with E-state index >= 15 is 0 Å². The number of methoxy groups -OCH3 is 1. The van der Waals surface area contributed by atoms with Crippen LogP contribution in [-0.2, 0) is 23.9 Å². The lowest BCUT2D eigenvalue weighted by molar-refractivity contribution is -0.145. The van der Waals surface area contributed by atoms with E-state index in [-0.39, 0.29) is 32.2 Å². The number of para-hydroxylation sites is 1. The molecule has 1 atom stereocenters. The fourth-order valence-corrected chi connectivity index (χ4v) is 4.82. The van der Waals surface area contributed by atoms with E-state index in [2.05, 4.69) is 43.8 Å². The number of ether oxygens (including phenoxy) is 5. The molecule has 1 heterocycles. The third kappa shape index (κ3) is 8.79. The molecule has 1 aliphatic rings. The van der Waals surface area contributed by atoms with Crippen LogP contribution in [-0.4, -0.2) is 62.7 Å². The maximum absolute atomic E-state index is 12.7. The molecule has 1 aliphatic heterocycles. The summed E-state index contributed by atoms with van der Waals surface area (Å²) in [5.74, 6) is -0.557. The fourth-order valence-electron chi connectivity index (χ4n) is 3.93. The molecule has 224 valence electrons. The number of thiocarbonyl (C=S) groups is 1. The zero-order chi connectivity index (χ0) is 30.6. The molecule has 0 fully saturated rings. The molecule has 0 radical (unpaired) electrons. The Kier molecular flexibility index (Phi) is 12.3. The standard InChI is InChI=1S/C28H31IN4O8S/c1-5-38-23(35)15-41-26-17(11-18(29)12-21(26)37-4)13-30-33-22(34)14-40-20-10-8-7-9-19(20)25-24(27(36)39-6-2)16(3)31-28(42)32-25/h7-13,25H,5-6,14-15H2,1-4H3,(H,33,34)(H2,31,32,42)/t25-/m0/s1. The van der Waals surface area contributed by atoms with Crippen LogP contribution in [0.3, 0.4) is 0 Å². The van der Waals surface area contributed by atoms with Crippen LogP contribution < -0.4 is 30.3 Å². The molecule has 2 aromatic rings. The van der Waals surface area contributed by atoms with Crippen LogP contribution >= 0.6 is 34.8 Å². The number of hydrogen-bond acceptors (Lipinski definition) is 10. The summed E-state index contributed by atoms with van der Waals surface area (Å²) in [7, 11) is 1.47. The van der Waals surface area contributed by atoms with Gasteiger partial charge in [-0.05, 0) is 73.8 Å². The van der Waals surface area contributed by atoms with Gasteiger partial charge < -0.3 is 34.3 Å². The van der Waals surface area contributed by atoms with Crippen molar-refractivity contribution in [2.45, 2.75) is 26.8 Å². The number of halogens is 1.